The van der Waals surface area contributed by atoms with E-state index in [1.165, 1.54) is 18.2 Å². The molecule has 0 fully saturated rings. The minimum atomic E-state index is -1.21. The molecular weight excluding hydrogens is 324 g/mol. The van der Waals surface area contributed by atoms with Crippen molar-refractivity contribution in [3.8, 4) is 11.5 Å². The van der Waals surface area contributed by atoms with Gasteiger partial charge in [-0.2, -0.15) is 0 Å². The number of phenolic OH excluding ortho intramolecular Hbond substituents is 2. The van der Waals surface area contributed by atoms with Crippen molar-refractivity contribution in [2.24, 2.45) is 10.8 Å². The Bertz CT molecular complexity index is 981. The molecule has 1 aliphatic rings. The number of hydrogen-bond donors (Lipinski definition) is 3. The van der Waals surface area contributed by atoms with Crippen molar-refractivity contribution in [3.63, 3.8) is 0 Å². The summed E-state index contributed by atoms with van der Waals surface area (Å²) in [6.45, 7) is 6.49. The quantitative estimate of drug-likeness (QED) is 0.685. The lowest BCUT2D eigenvalue weighted by atomic mass is 9.56. The van der Waals surface area contributed by atoms with Gasteiger partial charge in [0.25, 0.3) is 0 Å². The van der Waals surface area contributed by atoms with Gasteiger partial charge in [0, 0.05) is 21.6 Å². The first-order valence-corrected chi connectivity index (χ1v) is 7.77. The van der Waals surface area contributed by atoms with Gasteiger partial charge >= 0.3 is 5.97 Å². The van der Waals surface area contributed by atoms with Crippen molar-refractivity contribution in [1.29, 1.82) is 0 Å². The van der Waals surface area contributed by atoms with E-state index in [2.05, 4.69) is 0 Å². The minimum absolute atomic E-state index is 0.0211. The van der Waals surface area contributed by atoms with E-state index >= 15 is 0 Å². The summed E-state index contributed by atoms with van der Waals surface area (Å²) >= 11 is 0. The summed E-state index contributed by atoms with van der Waals surface area (Å²) in [6, 6.07) is 3.76. The molecule has 0 atom stereocenters. The first kappa shape index (κ1) is 17.0. The number of carbonyl (C=O) groups is 3. The van der Waals surface area contributed by atoms with Crippen molar-refractivity contribution in [3.05, 3.63) is 34.9 Å². The van der Waals surface area contributed by atoms with Gasteiger partial charge < -0.3 is 15.3 Å². The highest BCUT2D eigenvalue weighted by molar-refractivity contribution is 6.25. The Kier molecular flexibility index (Phi) is 3.26. The summed E-state index contributed by atoms with van der Waals surface area (Å²) in [6.07, 6.45) is 0. The number of ketones is 2. The first-order valence-electron chi connectivity index (χ1n) is 7.77. The summed E-state index contributed by atoms with van der Waals surface area (Å²) in [5.74, 6) is -3.01. The van der Waals surface area contributed by atoms with Crippen LogP contribution < -0.4 is 0 Å². The van der Waals surface area contributed by atoms with Crippen molar-refractivity contribution in [1.82, 2.24) is 0 Å². The van der Waals surface area contributed by atoms with Crippen LogP contribution >= 0.6 is 0 Å². The number of phenols is 2. The standard InChI is InChI=1S/C19H18O6/c1-18(2)15(22)11-12(16(23)19(18,3)4)14(21)10-7-8(17(24)25)5-6-9(10)13(11)20/h5-7,20-21H,1-4H3,(H,24,25). The van der Waals surface area contributed by atoms with Crippen LogP contribution in [-0.2, 0) is 0 Å². The molecule has 0 aromatic heterocycles. The van der Waals surface area contributed by atoms with Gasteiger partial charge in [-0.25, -0.2) is 4.79 Å². The smallest absolute Gasteiger partial charge is 0.335 e. The zero-order valence-corrected chi connectivity index (χ0v) is 14.3. The van der Waals surface area contributed by atoms with Crippen molar-refractivity contribution >= 4 is 28.3 Å². The topological polar surface area (TPSA) is 112 Å². The zero-order valence-electron chi connectivity index (χ0n) is 14.3. The molecule has 0 amide bonds. The van der Waals surface area contributed by atoms with Crippen LogP contribution in [0.15, 0.2) is 18.2 Å². The van der Waals surface area contributed by atoms with Gasteiger partial charge in [-0.3, -0.25) is 9.59 Å². The largest absolute Gasteiger partial charge is 0.507 e. The molecule has 0 saturated carbocycles. The van der Waals surface area contributed by atoms with Gasteiger partial charge in [0.2, 0.25) is 0 Å². The average Bonchev–Trinajstić information content (AvgIpc) is 2.54. The Balaban J connectivity index is 2.50. The summed E-state index contributed by atoms with van der Waals surface area (Å²) in [5, 5.41) is 30.5. The molecule has 6 nitrogen and oxygen atoms in total. The summed E-state index contributed by atoms with van der Waals surface area (Å²) in [4.78, 5) is 37.1. The third-order valence-corrected chi connectivity index (χ3v) is 5.65. The van der Waals surface area contributed by atoms with Crippen LogP contribution in [0, 0.1) is 10.8 Å². The highest BCUT2D eigenvalue weighted by atomic mass is 16.4. The molecule has 1 aliphatic carbocycles. The third kappa shape index (κ3) is 1.94. The Labute approximate surface area is 143 Å². The number of carboxylic acids is 1. The fraction of sp³-hybridized carbons (Fsp3) is 0.316. The SMILES string of the molecule is CC1(C)C(=O)c2c(c(O)c3cc(C(=O)O)ccc3c2O)C(=O)C1(C)C. The first-order chi connectivity index (χ1) is 11.4. The predicted octanol–water partition coefficient (Wildman–Crippen LogP) is 3.38. The van der Waals surface area contributed by atoms with Crippen molar-refractivity contribution in [2.45, 2.75) is 27.7 Å². The molecule has 0 unspecified atom stereocenters. The van der Waals surface area contributed by atoms with E-state index in [0.717, 1.165) is 0 Å². The number of aromatic hydroxyl groups is 2. The van der Waals surface area contributed by atoms with Crippen LogP contribution in [-0.4, -0.2) is 32.9 Å². The molecule has 0 saturated heterocycles. The van der Waals surface area contributed by atoms with Gasteiger partial charge in [0.1, 0.15) is 11.5 Å². The van der Waals surface area contributed by atoms with E-state index in [1.807, 2.05) is 0 Å². The molecule has 2 aromatic rings. The number of Topliss-reactive ketones (excluding diaryl/α,β-unsaturated/α-hetero) is 2. The average molecular weight is 342 g/mol. The second-order valence-electron chi connectivity index (χ2n) is 7.42. The van der Waals surface area contributed by atoms with Crippen molar-refractivity contribution < 1.29 is 29.7 Å². The lowest BCUT2D eigenvalue weighted by Crippen LogP contribution is -2.49. The zero-order chi connectivity index (χ0) is 18.9. The van der Waals surface area contributed by atoms with Gasteiger partial charge in [-0.1, -0.05) is 27.7 Å². The second-order valence-corrected chi connectivity index (χ2v) is 7.42. The fourth-order valence-corrected chi connectivity index (χ4v) is 3.22. The normalized spacial score (nSPS) is 18.2. The molecule has 0 bridgehead atoms. The summed E-state index contributed by atoms with van der Waals surface area (Å²) in [5.41, 5.74) is -2.73. The van der Waals surface area contributed by atoms with Crippen LogP contribution in [0.2, 0.25) is 0 Å². The second kappa shape index (κ2) is 4.81. The van der Waals surface area contributed by atoms with E-state index in [4.69, 9.17) is 5.11 Å². The molecule has 0 aliphatic heterocycles. The maximum atomic E-state index is 13.0. The van der Waals surface area contributed by atoms with E-state index in [0.29, 0.717) is 0 Å². The molecule has 2 aromatic carbocycles. The molecular formula is C19H18O6. The predicted molar refractivity (Wildman–Crippen MR) is 90.5 cm³/mol. The fourth-order valence-electron chi connectivity index (χ4n) is 3.22. The molecule has 130 valence electrons. The number of carbonyl (C=O) groups excluding carboxylic acids is 2. The van der Waals surface area contributed by atoms with Gasteiger partial charge in [-0.05, 0) is 18.2 Å². The van der Waals surface area contributed by atoms with Gasteiger partial charge in [0.05, 0.1) is 16.7 Å². The van der Waals surface area contributed by atoms with Crippen LogP contribution in [0.4, 0.5) is 0 Å². The van der Waals surface area contributed by atoms with E-state index in [9.17, 15) is 24.6 Å². The lowest BCUT2D eigenvalue weighted by Gasteiger charge is -2.43. The molecule has 0 spiro atoms. The molecule has 6 heteroatoms. The van der Waals surface area contributed by atoms with Crippen LogP contribution in [0.25, 0.3) is 10.8 Å². The van der Waals surface area contributed by atoms with Crippen LogP contribution in [0.5, 0.6) is 11.5 Å². The highest BCUT2D eigenvalue weighted by Gasteiger charge is 2.55. The Morgan fingerprint density at radius 3 is 1.72 bits per heavy atom. The minimum Gasteiger partial charge on any atom is -0.507 e. The van der Waals surface area contributed by atoms with E-state index in [1.54, 1.807) is 27.7 Å². The highest BCUT2D eigenvalue weighted by Crippen LogP contribution is 2.53. The number of benzene rings is 2. The Hall–Kier alpha value is -2.89. The Morgan fingerprint density at radius 1 is 0.840 bits per heavy atom. The molecule has 3 rings (SSSR count). The third-order valence-electron chi connectivity index (χ3n) is 5.65. The lowest BCUT2D eigenvalue weighted by molar-refractivity contribution is 0.0433. The summed E-state index contributed by atoms with van der Waals surface area (Å²) < 4.78 is 0. The Morgan fingerprint density at radius 2 is 1.28 bits per heavy atom. The monoisotopic (exact) mass is 342 g/mol. The van der Waals surface area contributed by atoms with Crippen molar-refractivity contribution in [2.75, 3.05) is 0 Å². The molecule has 0 heterocycles. The van der Waals surface area contributed by atoms with Crippen LogP contribution in [0.1, 0.15) is 58.8 Å². The summed E-state index contributed by atoms with van der Waals surface area (Å²) in [7, 11) is 0. The number of rotatable bonds is 1. The number of fused-ring (bicyclic) bond motifs is 2. The van der Waals surface area contributed by atoms with Gasteiger partial charge in [0.15, 0.2) is 11.6 Å². The van der Waals surface area contributed by atoms with E-state index < -0.39 is 39.9 Å². The molecule has 3 N–H and O–H groups in total. The number of hydrogen-bond acceptors (Lipinski definition) is 5. The maximum Gasteiger partial charge on any atom is 0.335 e. The molecule has 0 radical (unpaired) electrons. The number of aromatic carboxylic acids is 1. The van der Waals surface area contributed by atoms with Crippen LogP contribution in [0.3, 0.4) is 0 Å². The van der Waals surface area contributed by atoms with E-state index in [-0.39, 0.29) is 27.5 Å². The maximum absolute atomic E-state index is 13.0. The van der Waals surface area contributed by atoms with Gasteiger partial charge in [-0.15, -0.1) is 0 Å². The molecule has 25 heavy (non-hydrogen) atoms. The number of carboxylic acid groups (broad SMARTS) is 1.